The number of halogens is 4. The first-order valence-electron chi connectivity index (χ1n) is 7.61. The van der Waals surface area contributed by atoms with Crippen molar-refractivity contribution in [1.29, 1.82) is 0 Å². The van der Waals surface area contributed by atoms with Gasteiger partial charge in [-0.2, -0.15) is 13.8 Å². The van der Waals surface area contributed by atoms with E-state index in [1.54, 1.807) is 24.3 Å². The first kappa shape index (κ1) is 17.6. The maximum absolute atomic E-state index is 13.8. The molecule has 27 heavy (non-hydrogen) atoms. The quantitative estimate of drug-likeness (QED) is 0.498. The zero-order valence-corrected chi connectivity index (χ0v) is 14.4. The minimum absolute atomic E-state index is 0.00950. The van der Waals surface area contributed by atoms with Crippen LogP contribution in [0.15, 0.2) is 34.3 Å². The molecular formula is C16H10F4N4O2S. The second kappa shape index (κ2) is 6.72. The number of rotatable bonds is 3. The summed E-state index contributed by atoms with van der Waals surface area (Å²) < 4.78 is 67.0. The highest BCUT2D eigenvalue weighted by molar-refractivity contribution is 7.99. The van der Waals surface area contributed by atoms with E-state index in [0.29, 0.717) is 29.1 Å². The van der Waals surface area contributed by atoms with Crippen LogP contribution in [0.1, 0.15) is 11.9 Å². The number of nitrogens with zero attached hydrogens (tertiary/aromatic N) is 4. The molecule has 2 aromatic heterocycles. The Balaban J connectivity index is 1.63. The van der Waals surface area contributed by atoms with Gasteiger partial charge in [-0.25, -0.2) is 8.78 Å². The van der Waals surface area contributed by atoms with E-state index < -0.39 is 34.5 Å². The summed E-state index contributed by atoms with van der Waals surface area (Å²) in [6.07, 6.45) is -0.618. The van der Waals surface area contributed by atoms with Crippen molar-refractivity contribution in [1.82, 2.24) is 19.7 Å². The van der Waals surface area contributed by atoms with Gasteiger partial charge in [-0.05, 0) is 23.9 Å². The fourth-order valence-electron chi connectivity index (χ4n) is 2.49. The topological polar surface area (TPSA) is 62.1 Å². The van der Waals surface area contributed by atoms with E-state index >= 15 is 0 Å². The normalized spacial score (nSPS) is 15.8. The third-order valence-corrected chi connectivity index (χ3v) is 4.92. The average molecular weight is 398 g/mol. The molecule has 6 nitrogen and oxygen atoms in total. The first-order valence-corrected chi connectivity index (χ1v) is 8.43. The molecule has 0 N–H and O–H groups in total. The summed E-state index contributed by atoms with van der Waals surface area (Å²) in [5, 5.41) is 7.79. The lowest BCUT2D eigenvalue weighted by Gasteiger charge is -2.25. The van der Waals surface area contributed by atoms with Gasteiger partial charge in [0.25, 0.3) is 11.9 Å². The van der Waals surface area contributed by atoms with Crippen molar-refractivity contribution in [3.05, 3.63) is 53.6 Å². The lowest BCUT2D eigenvalue weighted by Crippen LogP contribution is -2.24. The number of hydrogen-bond acceptors (Lipinski definition) is 6. The van der Waals surface area contributed by atoms with Crippen LogP contribution in [0.25, 0.3) is 0 Å². The van der Waals surface area contributed by atoms with Gasteiger partial charge < -0.3 is 14.0 Å². The molecule has 1 aliphatic rings. The van der Waals surface area contributed by atoms with Gasteiger partial charge in [0.05, 0.1) is 4.90 Å². The molecule has 0 spiro atoms. The highest BCUT2D eigenvalue weighted by atomic mass is 32.2. The summed E-state index contributed by atoms with van der Waals surface area (Å²) in [5.41, 5.74) is 0. The zero-order valence-electron chi connectivity index (χ0n) is 13.6. The maximum atomic E-state index is 13.8. The fourth-order valence-corrected chi connectivity index (χ4v) is 3.33. The van der Waals surface area contributed by atoms with Crippen LogP contribution in [0, 0.1) is 23.5 Å². The van der Waals surface area contributed by atoms with Crippen LogP contribution in [-0.2, 0) is 7.05 Å². The molecule has 3 aromatic rings. The van der Waals surface area contributed by atoms with Crippen LogP contribution in [-0.4, -0.2) is 26.4 Å². The summed E-state index contributed by atoms with van der Waals surface area (Å²) in [6.45, 7) is 0.148. The smallest absolute Gasteiger partial charge is 0.252 e. The van der Waals surface area contributed by atoms with E-state index in [2.05, 4.69) is 15.2 Å². The van der Waals surface area contributed by atoms with Gasteiger partial charge in [-0.15, -0.1) is 10.2 Å². The van der Waals surface area contributed by atoms with Crippen LogP contribution in [0.5, 0.6) is 11.5 Å². The van der Waals surface area contributed by atoms with Crippen molar-refractivity contribution < 1.29 is 27.0 Å². The molecule has 11 heteroatoms. The van der Waals surface area contributed by atoms with Gasteiger partial charge in [-0.1, -0.05) is 12.1 Å². The van der Waals surface area contributed by atoms with Gasteiger partial charge in [0.15, 0.2) is 40.2 Å². The van der Waals surface area contributed by atoms with Crippen molar-refractivity contribution in [3.63, 3.8) is 0 Å². The van der Waals surface area contributed by atoms with E-state index in [-0.39, 0.29) is 11.8 Å². The summed E-state index contributed by atoms with van der Waals surface area (Å²) in [7, 11) is 1.53. The van der Waals surface area contributed by atoms with Crippen molar-refractivity contribution in [3.8, 4) is 11.5 Å². The molecule has 0 amide bonds. The third kappa shape index (κ3) is 3.07. The molecule has 0 bridgehead atoms. The molecule has 0 saturated heterocycles. The number of para-hydroxylation sites is 2. The van der Waals surface area contributed by atoms with Crippen molar-refractivity contribution in [2.45, 2.75) is 16.2 Å². The highest BCUT2D eigenvalue weighted by Crippen LogP contribution is 2.37. The summed E-state index contributed by atoms with van der Waals surface area (Å²) in [6, 6.07) is 7.05. The van der Waals surface area contributed by atoms with E-state index in [9.17, 15) is 17.6 Å². The Kier molecular flexibility index (Phi) is 4.38. The Morgan fingerprint density at radius 2 is 1.70 bits per heavy atom. The van der Waals surface area contributed by atoms with E-state index in [1.165, 1.54) is 11.6 Å². The number of ether oxygens (including phenoxy) is 2. The molecule has 4 rings (SSSR count). The van der Waals surface area contributed by atoms with E-state index in [1.807, 2.05) is 0 Å². The van der Waals surface area contributed by atoms with Gasteiger partial charge in [0.1, 0.15) is 6.61 Å². The summed E-state index contributed by atoms with van der Waals surface area (Å²) in [5.74, 6) is -5.26. The third-order valence-electron chi connectivity index (χ3n) is 3.82. The fraction of sp³-hybridized carbons (Fsp3) is 0.188. The lowest BCUT2D eigenvalue weighted by molar-refractivity contribution is 0.0825. The molecule has 0 radical (unpaired) electrons. The minimum atomic E-state index is -1.74. The molecule has 0 fully saturated rings. The van der Waals surface area contributed by atoms with Crippen LogP contribution in [0.2, 0.25) is 0 Å². The van der Waals surface area contributed by atoms with Gasteiger partial charge in [0, 0.05) is 7.05 Å². The molecule has 1 unspecified atom stereocenters. The largest absolute Gasteiger partial charge is 0.485 e. The van der Waals surface area contributed by atoms with Crippen LogP contribution < -0.4 is 9.47 Å². The Morgan fingerprint density at radius 3 is 2.41 bits per heavy atom. The Morgan fingerprint density at radius 1 is 1.04 bits per heavy atom. The van der Waals surface area contributed by atoms with Crippen LogP contribution in [0.3, 0.4) is 0 Å². The van der Waals surface area contributed by atoms with Gasteiger partial charge >= 0.3 is 0 Å². The van der Waals surface area contributed by atoms with Crippen molar-refractivity contribution in [2.75, 3.05) is 6.61 Å². The molecular weight excluding hydrogens is 388 g/mol. The summed E-state index contributed by atoms with van der Waals surface area (Å²) >= 11 is 0.389. The van der Waals surface area contributed by atoms with Gasteiger partial charge in [0.2, 0.25) is 0 Å². The molecule has 0 saturated carbocycles. The second-order valence-corrected chi connectivity index (χ2v) is 6.49. The monoisotopic (exact) mass is 398 g/mol. The predicted octanol–water partition coefficient (Wildman–Crippen LogP) is 3.43. The Bertz CT molecular complexity index is 1000. The van der Waals surface area contributed by atoms with Crippen LogP contribution >= 0.6 is 11.8 Å². The average Bonchev–Trinajstić information content (AvgIpc) is 3.03. The van der Waals surface area contributed by atoms with E-state index in [0.717, 1.165) is 0 Å². The number of aromatic nitrogens is 4. The Hall–Kier alpha value is -2.82. The molecule has 1 aromatic carbocycles. The standard InChI is InChI=1S/C16H10F4N4O2S/c1-24-15(9-6-25-7-4-2-3-5-8(7)26-9)22-23-16(24)27-12-10(17)13(19)21-14(20)11(12)18/h2-5,9H,6H2,1H3. The Labute approximate surface area is 154 Å². The number of benzene rings is 1. The molecule has 1 atom stereocenters. The lowest BCUT2D eigenvalue weighted by atomic mass is 10.2. The van der Waals surface area contributed by atoms with Gasteiger partial charge in [-0.3, -0.25) is 0 Å². The second-order valence-electron chi connectivity index (χ2n) is 5.52. The summed E-state index contributed by atoms with van der Waals surface area (Å²) in [4.78, 5) is 1.63. The predicted molar refractivity (Wildman–Crippen MR) is 84.5 cm³/mol. The van der Waals surface area contributed by atoms with E-state index in [4.69, 9.17) is 9.47 Å². The number of fused-ring (bicyclic) bond motifs is 1. The molecule has 0 aliphatic carbocycles. The molecule has 3 heterocycles. The maximum Gasteiger partial charge on any atom is 0.252 e. The van der Waals surface area contributed by atoms with Crippen molar-refractivity contribution >= 4 is 11.8 Å². The van der Waals surface area contributed by atoms with Crippen LogP contribution in [0.4, 0.5) is 17.6 Å². The highest BCUT2D eigenvalue weighted by Gasteiger charge is 2.29. The SMILES string of the molecule is Cn1c(Sc2c(F)c(F)nc(F)c2F)nnc1C1COc2ccccc2O1. The molecule has 140 valence electrons. The minimum Gasteiger partial charge on any atom is -0.485 e. The first-order chi connectivity index (χ1) is 13.0. The number of pyridine rings is 1. The molecule has 1 aliphatic heterocycles. The number of hydrogen-bond donors (Lipinski definition) is 0. The zero-order chi connectivity index (χ0) is 19.1. The van der Waals surface area contributed by atoms with Crippen molar-refractivity contribution in [2.24, 2.45) is 7.05 Å².